The zero-order valence-electron chi connectivity index (χ0n) is 18.4. The summed E-state index contributed by atoms with van der Waals surface area (Å²) in [6.07, 6.45) is -2.25. The van der Waals surface area contributed by atoms with E-state index in [1.165, 1.54) is 26.3 Å². The first-order valence-electron chi connectivity index (χ1n) is 10.2. The van der Waals surface area contributed by atoms with Crippen molar-refractivity contribution in [3.8, 4) is 5.75 Å². The zero-order chi connectivity index (χ0) is 24.2. The third-order valence-electron chi connectivity index (χ3n) is 4.95. The molecule has 1 aromatic carbocycles. The van der Waals surface area contributed by atoms with Crippen LogP contribution in [0.5, 0.6) is 5.75 Å². The van der Waals surface area contributed by atoms with Gasteiger partial charge in [-0.2, -0.15) is 10.1 Å². The van der Waals surface area contributed by atoms with Crippen LogP contribution in [-0.4, -0.2) is 52.1 Å². The van der Waals surface area contributed by atoms with Gasteiger partial charge < -0.3 is 24.8 Å². The summed E-state index contributed by atoms with van der Waals surface area (Å²) < 4.78 is 36.5. The zero-order valence-corrected chi connectivity index (χ0v) is 19.3. The number of carbonyl (C=O) groups is 1. The summed E-state index contributed by atoms with van der Waals surface area (Å²) in [4.78, 5) is 27.6. The average molecular weight is 482 g/mol. The van der Waals surface area contributed by atoms with Crippen LogP contribution >= 0.6 is 7.75 Å². The molecule has 1 aliphatic rings. The molecule has 1 fully saturated rings. The van der Waals surface area contributed by atoms with Crippen LogP contribution in [-0.2, 0) is 23.4 Å². The first-order chi connectivity index (χ1) is 15.6. The Bertz CT molecular complexity index is 1070. The fourth-order valence-corrected chi connectivity index (χ4v) is 5.01. The first-order valence-corrected chi connectivity index (χ1v) is 11.7. The van der Waals surface area contributed by atoms with Gasteiger partial charge in [-0.25, -0.2) is 9.36 Å². The van der Waals surface area contributed by atoms with E-state index in [-0.39, 0.29) is 18.0 Å². The summed E-state index contributed by atoms with van der Waals surface area (Å²) in [5.41, 5.74) is 4.83. The minimum Gasteiger partial charge on any atom is -0.468 e. The van der Waals surface area contributed by atoms with E-state index in [4.69, 9.17) is 19.5 Å². The predicted octanol–water partition coefficient (Wildman–Crippen LogP) is 1.22. The highest BCUT2D eigenvalue weighted by Crippen LogP contribution is 2.47. The standard InChI is InChI=1S/C20H27N4O8P/c1-12(19(26)29-3)23-33(28,32-14-7-5-4-6-8-14)31-13(2)16-11-15(25)18(30-16)24-10-9-17(21)22-20(24)27/h4-10,12-13,15-16,18,25H,11H2,1-3H3,(H,23,28)(H2,21,22,27)/t12?,13?,15?,16-,18+,33?/m0/s1. The normalized spacial score (nSPS) is 23.9. The molecule has 4 N–H and O–H groups in total. The number of hydrogen-bond acceptors (Lipinski definition) is 10. The highest BCUT2D eigenvalue weighted by atomic mass is 31.2. The van der Waals surface area contributed by atoms with Gasteiger partial charge >= 0.3 is 19.4 Å². The van der Waals surface area contributed by atoms with Crippen molar-refractivity contribution in [3.05, 3.63) is 53.1 Å². The molecule has 1 aromatic heterocycles. The molecule has 12 nitrogen and oxygen atoms in total. The Labute approximate surface area is 190 Å². The number of nitrogen functional groups attached to an aromatic ring is 1. The lowest BCUT2D eigenvalue weighted by atomic mass is 10.1. The van der Waals surface area contributed by atoms with E-state index in [9.17, 15) is 19.3 Å². The number of anilines is 1. The fourth-order valence-electron chi connectivity index (χ4n) is 3.30. The highest BCUT2D eigenvalue weighted by molar-refractivity contribution is 7.52. The Morgan fingerprint density at radius 1 is 1.33 bits per heavy atom. The quantitative estimate of drug-likeness (QED) is 0.348. The molecule has 2 heterocycles. The number of methoxy groups -OCH3 is 1. The number of nitrogens with zero attached hydrogens (tertiary/aromatic N) is 2. The van der Waals surface area contributed by atoms with Crippen molar-refractivity contribution in [2.45, 2.75) is 50.8 Å². The third kappa shape index (κ3) is 6.18. The van der Waals surface area contributed by atoms with Gasteiger partial charge in [0.1, 0.15) is 23.7 Å². The van der Waals surface area contributed by atoms with Gasteiger partial charge in [0.2, 0.25) is 0 Å². The molecule has 0 saturated carbocycles. The number of nitrogens with one attached hydrogen (secondary N) is 1. The fraction of sp³-hybridized carbons (Fsp3) is 0.450. The van der Waals surface area contributed by atoms with Gasteiger partial charge in [0.05, 0.1) is 19.3 Å². The number of carbonyl (C=O) groups excluding carboxylic acids is 1. The molecule has 0 spiro atoms. The van der Waals surface area contributed by atoms with Crippen molar-refractivity contribution < 1.29 is 33.0 Å². The molecule has 0 bridgehead atoms. The molecular weight excluding hydrogens is 455 g/mol. The van der Waals surface area contributed by atoms with Crippen molar-refractivity contribution in [2.24, 2.45) is 0 Å². The minimum absolute atomic E-state index is 0.0433. The molecule has 0 amide bonds. The van der Waals surface area contributed by atoms with Crippen molar-refractivity contribution in [1.82, 2.24) is 14.6 Å². The van der Waals surface area contributed by atoms with E-state index < -0.39 is 50.0 Å². The van der Waals surface area contributed by atoms with Gasteiger partial charge in [0.25, 0.3) is 0 Å². The summed E-state index contributed by atoms with van der Waals surface area (Å²) in [6.45, 7) is 3.03. The van der Waals surface area contributed by atoms with E-state index in [1.54, 1.807) is 37.3 Å². The number of hydrogen-bond donors (Lipinski definition) is 3. The first kappa shape index (κ1) is 24.9. The maximum absolute atomic E-state index is 13.5. The number of aliphatic hydroxyl groups excluding tert-OH is 1. The van der Waals surface area contributed by atoms with Crippen LogP contribution in [0.4, 0.5) is 5.82 Å². The second-order valence-corrected chi connectivity index (χ2v) is 9.14. The van der Waals surface area contributed by atoms with Crippen LogP contribution < -0.4 is 21.0 Å². The summed E-state index contributed by atoms with van der Waals surface area (Å²) >= 11 is 0. The van der Waals surface area contributed by atoms with Gasteiger partial charge in [0, 0.05) is 12.6 Å². The highest BCUT2D eigenvalue weighted by Gasteiger charge is 2.42. The number of ether oxygens (including phenoxy) is 2. The van der Waals surface area contributed by atoms with Gasteiger partial charge in [-0.1, -0.05) is 18.2 Å². The van der Waals surface area contributed by atoms with Crippen molar-refractivity contribution >= 4 is 19.5 Å². The lowest BCUT2D eigenvalue weighted by molar-refractivity contribution is -0.142. The van der Waals surface area contributed by atoms with E-state index in [2.05, 4.69) is 14.8 Å². The third-order valence-corrected chi connectivity index (χ3v) is 6.71. The summed E-state index contributed by atoms with van der Waals surface area (Å²) in [5, 5.41) is 13.0. The Morgan fingerprint density at radius 3 is 2.67 bits per heavy atom. The van der Waals surface area contributed by atoms with Crippen molar-refractivity contribution in [2.75, 3.05) is 12.8 Å². The second kappa shape index (κ2) is 10.4. The molecule has 33 heavy (non-hydrogen) atoms. The van der Waals surface area contributed by atoms with E-state index in [0.29, 0.717) is 0 Å². The molecule has 0 radical (unpaired) electrons. The van der Waals surface area contributed by atoms with E-state index >= 15 is 0 Å². The number of rotatable bonds is 9. The number of para-hydroxylation sites is 1. The Kier molecular flexibility index (Phi) is 7.88. The van der Waals surface area contributed by atoms with Crippen molar-refractivity contribution in [1.29, 1.82) is 0 Å². The summed E-state index contributed by atoms with van der Waals surface area (Å²) in [7, 11) is -2.91. The molecule has 1 aliphatic heterocycles. The Morgan fingerprint density at radius 2 is 2.03 bits per heavy atom. The minimum atomic E-state index is -4.11. The maximum Gasteiger partial charge on any atom is 0.459 e. The Balaban J connectivity index is 1.77. The molecule has 4 unspecified atom stereocenters. The summed E-state index contributed by atoms with van der Waals surface area (Å²) in [6, 6.07) is 8.70. The molecule has 13 heteroatoms. The van der Waals surface area contributed by atoms with Crippen LogP contribution in [0.2, 0.25) is 0 Å². The SMILES string of the molecule is COC(=O)C(C)NP(=O)(Oc1ccccc1)OC(C)[C@@H]1CC(O)[C@H](n2ccc(N)nc2=O)O1. The monoisotopic (exact) mass is 482 g/mol. The predicted molar refractivity (Wildman–Crippen MR) is 117 cm³/mol. The van der Waals surface area contributed by atoms with Crippen LogP contribution in [0.25, 0.3) is 0 Å². The van der Waals surface area contributed by atoms with Crippen LogP contribution in [0, 0.1) is 0 Å². The van der Waals surface area contributed by atoms with Crippen LogP contribution in [0.3, 0.4) is 0 Å². The van der Waals surface area contributed by atoms with Crippen LogP contribution in [0.15, 0.2) is 47.4 Å². The molecule has 6 atom stereocenters. The number of esters is 1. The van der Waals surface area contributed by atoms with Crippen LogP contribution in [0.1, 0.15) is 26.5 Å². The molecule has 0 aliphatic carbocycles. The summed E-state index contributed by atoms with van der Waals surface area (Å²) in [5.74, 6) is -0.366. The maximum atomic E-state index is 13.5. The largest absolute Gasteiger partial charge is 0.468 e. The molecule has 2 aromatic rings. The van der Waals surface area contributed by atoms with Crippen molar-refractivity contribution in [3.63, 3.8) is 0 Å². The molecule has 3 rings (SSSR count). The molecule has 180 valence electrons. The number of aliphatic hydroxyl groups is 1. The lowest BCUT2D eigenvalue weighted by Gasteiger charge is -2.27. The molecule has 1 saturated heterocycles. The van der Waals surface area contributed by atoms with Gasteiger partial charge in [-0.15, -0.1) is 0 Å². The average Bonchev–Trinajstić information content (AvgIpc) is 3.15. The number of nitrogens with two attached hydrogens (primary N) is 1. The number of aromatic nitrogens is 2. The molecular formula is C20H27N4O8P. The van der Waals surface area contributed by atoms with Gasteiger partial charge in [0.15, 0.2) is 6.23 Å². The van der Waals surface area contributed by atoms with Gasteiger partial charge in [-0.05, 0) is 32.0 Å². The Hall–Kier alpha value is -2.76. The smallest absolute Gasteiger partial charge is 0.459 e. The lowest BCUT2D eigenvalue weighted by Crippen LogP contribution is -2.37. The van der Waals surface area contributed by atoms with E-state index in [1.807, 2.05) is 0 Å². The van der Waals surface area contributed by atoms with E-state index in [0.717, 1.165) is 4.57 Å². The number of benzene rings is 1. The van der Waals surface area contributed by atoms with Gasteiger partial charge in [-0.3, -0.25) is 13.9 Å². The topological polar surface area (TPSA) is 164 Å². The second-order valence-electron chi connectivity index (χ2n) is 7.50.